The van der Waals surface area contributed by atoms with Crippen molar-refractivity contribution in [1.82, 2.24) is 0 Å². The van der Waals surface area contributed by atoms with Crippen molar-refractivity contribution in [2.45, 2.75) is 290 Å². The normalized spacial score (nSPS) is 12.4. The average molecular weight is 897 g/mol. The molecule has 6 nitrogen and oxygen atoms in total. The number of allylic oxidation sites excluding steroid dienone is 8. The second-order valence-corrected chi connectivity index (χ2v) is 18.5. The van der Waals surface area contributed by atoms with Crippen molar-refractivity contribution in [1.29, 1.82) is 0 Å². The molecule has 0 saturated heterocycles. The lowest BCUT2D eigenvalue weighted by molar-refractivity contribution is -0.167. The Morgan fingerprint density at radius 2 is 0.578 bits per heavy atom. The highest BCUT2D eigenvalue weighted by Crippen LogP contribution is 2.15. The molecule has 1 unspecified atom stereocenters. The van der Waals surface area contributed by atoms with Crippen molar-refractivity contribution in [3.63, 3.8) is 0 Å². The lowest BCUT2D eigenvalue weighted by atomic mass is 10.1. The third-order valence-corrected chi connectivity index (χ3v) is 12.0. The number of unbranched alkanes of at least 4 members (excludes halogenated alkanes) is 31. The van der Waals surface area contributed by atoms with Crippen molar-refractivity contribution in [2.24, 2.45) is 0 Å². The molecule has 0 spiro atoms. The van der Waals surface area contributed by atoms with Crippen LogP contribution in [0.2, 0.25) is 0 Å². The van der Waals surface area contributed by atoms with Crippen LogP contribution in [0.25, 0.3) is 0 Å². The molecule has 0 radical (unpaired) electrons. The van der Waals surface area contributed by atoms with Crippen LogP contribution in [0, 0.1) is 0 Å². The first kappa shape index (κ1) is 61.4. The molecule has 0 aliphatic rings. The van der Waals surface area contributed by atoms with Crippen LogP contribution in [-0.4, -0.2) is 37.2 Å². The lowest BCUT2D eigenvalue weighted by Crippen LogP contribution is -2.30. The average Bonchev–Trinajstić information content (AvgIpc) is 3.29. The molecule has 0 N–H and O–H groups in total. The molecular formula is C58H104O6. The molecule has 0 aromatic heterocycles. The van der Waals surface area contributed by atoms with Gasteiger partial charge in [-0.25, -0.2) is 0 Å². The van der Waals surface area contributed by atoms with Gasteiger partial charge in [0.2, 0.25) is 0 Å². The van der Waals surface area contributed by atoms with E-state index in [1.807, 2.05) is 0 Å². The number of hydrogen-bond donors (Lipinski definition) is 0. The van der Waals surface area contributed by atoms with Gasteiger partial charge in [0.25, 0.3) is 0 Å². The maximum Gasteiger partial charge on any atom is 0.306 e. The van der Waals surface area contributed by atoms with Gasteiger partial charge in [0.1, 0.15) is 13.2 Å². The molecular weight excluding hydrogens is 793 g/mol. The molecule has 0 fully saturated rings. The van der Waals surface area contributed by atoms with Crippen LogP contribution in [0.4, 0.5) is 0 Å². The van der Waals surface area contributed by atoms with Crippen molar-refractivity contribution >= 4 is 17.9 Å². The second kappa shape index (κ2) is 53.0. The fourth-order valence-electron chi connectivity index (χ4n) is 7.80. The van der Waals surface area contributed by atoms with Crippen LogP contribution in [0.1, 0.15) is 284 Å². The van der Waals surface area contributed by atoms with Crippen LogP contribution in [0.3, 0.4) is 0 Å². The Morgan fingerprint density at radius 1 is 0.312 bits per heavy atom. The summed E-state index contributed by atoms with van der Waals surface area (Å²) in [5.74, 6) is -0.897. The van der Waals surface area contributed by atoms with E-state index >= 15 is 0 Å². The molecule has 1 atom stereocenters. The number of carbonyl (C=O) groups excluding carboxylic acids is 3. The number of esters is 3. The van der Waals surface area contributed by atoms with E-state index in [-0.39, 0.29) is 31.1 Å². The first-order valence-electron chi connectivity index (χ1n) is 27.6. The molecule has 0 aliphatic carbocycles. The van der Waals surface area contributed by atoms with E-state index in [4.69, 9.17) is 14.2 Å². The molecule has 0 heterocycles. The fraction of sp³-hybridized carbons (Fsp3) is 0.810. The summed E-state index contributed by atoms with van der Waals surface area (Å²) in [6, 6.07) is 0. The van der Waals surface area contributed by atoms with Gasteiger partial charge < -0.3 is 14.2 Å². The van der Waals surface area contributed by atoms with Crippen LogP contribution < -0.4 is 0 Å². The van der Waals surface area contributed by atoms with Crippen molar-refractivity contribution < 1.29 is 28.6 Å². The van der Waals surface area contributed by atoms with E-state index in [0.29, 0.717) is 19.3 Å². The Kier molecular flexibility index (Phi) is 50.8. The molecule has 372 valence electrons. The molecule has 6 heteroatoms. The van der Waals surface area contributed by atoms with Crippen LogP contribution in [0.5, 0.6) is 0 Å². The summed E-state index contributed by atoms with van der Waals surface area (Å²) in [7, 11) is 0. The molecule has 0 aromatic rings. The second-order valence-electron chi connectivity index (χ2n) is 18.5. The van der Waals surface area contributed by atoms with Gasteiger partial charge in [-0.05, 0) is 96.3 Å². The van der Waals surface area contributed by atoms with E-state index in [9.17, 15) is 14.4 Å². The minimum absolute atomic E-state index is 0.0813. The molecule has 0 saturated carbocycles. The Balaban J connectivity index is 4.35. The predicted molar refractivity (Wildman–Crippen MR) is 275 cm³/mol. The van der Waals surface area contributed by atoms with Crippen LogP contribution in [0.15, 0.2) is 48.6 Å². The molecule has 64 heavy (non-hydrogen) atoms. The summed E-state index contributed by atoms with van der Waals surface area (Å²) < 4.78 is 16.8. The summed E-state index contributed by atoms with van der Waals surface area (Å²) in [5.41, 5.74) is 0. The van der Waals surface area contributed by atoms with Crippen molar-refractivity contribution in [2.75, 3.05) is 13.2 Å². The maximum atomic E-state index is 12.8. The highest BCUT2D eigenvalue weighted by atomic mass is 16.6. The minimum Gasteiger partial charge on any atom is -0.462 e. The summed E-state index contributed by atoms with van der Waals surface area (Å²) >= 11 is 0. The highest BCUT2D eigenvalue weighted by molar-refractivity contribution is 5.71. The van der Waals surface area contributed by atoms with Gasteiger partial charge in [0, 0.05) is 19.3 Å². The molecule has 0 amide bonds. The van der Waals surface area contributed by atoms with Gasteiger partial charge in [0.15, 0.2) is 6.10 Å². The zero-order chi connectivity index (χ0) is 46.5. The fourth-order valence-corrected chi connectivity index (χ4v) is 7.80. The van der Waals surface area contributed by atoms with Crippen LogP contribution >= 0.6 is 0 Å². The van der Waals surface area contributed by atoms with Gasteiger partial charge in [-0.2, -0.15) is 0 Å². The standard InChI is InChI=1S/C58H104O6/c1-4-7-10-13-16-19-22-25-27-28-29-30-31-34-36-39-42-45-48-51-57(60)63-54-55(53-62-56(59)50-47-44-41-38-35-32-24-21-18-15-12-9-6-3)64-58(61)52-49-46-43-40-37-33-26-23-20-17-14-11-8-5-2/h14,17,21,23-27,55H,4-13,15-16,18-20,22,28-54H2,1-3H3/b17-14-,24-21-,26-23-,27-25-. The quantitative estimate of drug-likeness (QED) is 0.0262. The Hall–Kier alpha value is -2.63. The van der Waals surface area contributed by atoms with Crippen LogP contribution in [-0.2, 0) is 28.6 Å². The zero-order valence-corrected chi connectivity index (χ0v) is 42.6. The maximum absolute atomic E-state index is 12.8. The van der Waals surface area contributed by atoms with E-state index in [2.05, 4.69) is 69.4 Å². The largest absolute Gasteiger partial charge is 0.462 e. The third kappa shape index (κ3) is 50.4. The predicted octanol–water partition coefficient (Wildman–Crippen LogP) is 18.3. The summed E-state index contributed by atoms with van der Waals surface area (Å²) in [4.78, 5) is 38.0. The SMILES string of the molecule is CCCC/C=C\C/C=C\CCCCCCCC(=O)OC(COC(=O)CCCCCCC/C=C\CCCCCC)COC(=O)CCCCCCCCCCC/C=C\CCCCCCCC. The third-order valence-electron chi connectivity index (χ3n) is 12.0. The van der Waals surface area contributed by atoms with E-state index < -0.39 is 6.10 Å². The molecule has 0 aliphatic heterocycles. The number of hydrogen-bond acceptors (Lipinski definition) is 6. The number of rotatable bonds is 50. The lowest BCUT2D eigenvalue weighted by Gasteiger charge is -2.18. The van der Waals surface area contributed by atoms with E-state index in [1.54, 1.807) is 0 Å². The topological polar surface area (TPSA) is 78.9 Å². The van der Waals surface area contributed by atoms with E-state index in [0.717, 1.165) is 89.9 Å². The van der Waals surface area contributed by atoms with Gasteiger partial charge in [-0.1, -0.05) is 217 Å². The van der Waals surface area contributed by atoms with Gasteiger partial charge in [-0.3, -0.25) is 14.4 Å². The molecule has 0 rings (SSSR count). The zero-order valence-electron chi connectivity index (χ0n) is 42.6. The van der Waals surface area contributed by atoms with E-state index in [1.165, 1.54) is 154 Å². The Labute approximate surface area is 397 Å². The first-order chi connectivity index (χ1) is 31.5. The van der Waals surface area contributed by atoms with Gasteiger partial charge >= 0.3 is 17.9 Å². The molecule has 0 aromatic carbocycles. The van der Waals surface area contributed by atoms with Gasteiger partial charge in [0.05, 0.1) is 0 Å². The number of carbonyl (C=O) groups is 3. The van der Waals surface area contributed by atoms with Crippen molar-refractivity contribution in [3.8, 4) is 0 Å². The summed E-state index contributed by atoms with van der Waals surface area (Å²) in [5, 5.41) is 0. The monoisotopic (exact) mass is 897 g/mol. The van der Waals surface area contributed by atoms with Gasteiger partial charge in [-0.15, -0.1) is 0 Å². The first-order valence-corrected chi connectivity index (χ1v) is 27.6. The highest BCUT2D eigenvalue weighted by Gasteiger charge is 2.19. The minimum atomic E-state index is -0.783. The Bertz CT molecular complexity index is 1120. The van der Waals surface area contributed by atoms with Crippen molar-refractivity contribution in [3.05, 3.63) is 48.6 Å². The number of ether oxygens (including phenoxy) is 3. The summed E-state index contributed by atoms with van der Waals surface area (Å²) in [6.07, 6.45) is 63.8. The summed E-state index contributed by atoms with van der Waals surface area (Å²) in [6.45, 7) is 6.58. The smallest absolute Gasteiger partial charge is 0.306 e. The molecule has 0 bridgehead atoms. The Morgan fingerprint density at radius 3 is 0.938 bits per heavy atom.